The van der Waals surface area contributed by atoms with E-state index in [1.54, 1.807) is 18.3 Å². The number of carboxylic acid groups (broad SMARTS) is 1. The third-order valence-electron chi connectivity index (χ3n) is 3.29. The zero-order chi connectivity index (χ0) is 14.3. The van der Waals surface area contributed by atoms with E-state index in [1.165, 1.54) is 12.1 Å². The molecule has 0 amide bonds. The number of ketones is 1. The number of nitrogens with zero attached hydrogens (tertiary/aromatic N) is 2. The first-order valence-electron chi connectivity index (χ1n) is 6.19. The molecular formula is C14H11BrN2O3. The van der Waals surface area contributed by atoms with Gasteiger partial charge < -0.3 is 5.11 Å². The molecule has 0 atom stereocenters. The van der Waals surface area contributed by atoms with Crippen LogP contribution in [-0.4, -0.2) is 26.6 Å². The predicted octanol–water partition coefficient (Wildman–Crippen LogP) is 2.78. The quantitative estimate of drug-likeness (QED) is 0.689. The lowest BCUT2D eigenvalue weighted by Gasteiger charge is -2.07. The Hall–Kier alpha value is -1.95. The number of hydrogen-bond donors (Lipinski definition) is 1. The maximum absolute atomic E-state index is 11.4. The van der Waals surface area contributed by atoms with Gasteiger partial charge in [0, 0.05) is 11.5 Å². The van der Waals surface area contributed by atoms with E-state index >= 15 is 0 Å². The van der Waals surface area contributed by atoms with Gasteiger partial charge in [-0.05, 0) is 53.0 Å². The predicted molar refractivity (Wildman–Crippen MR) is 75.2 cm³/mol. The van der Waals surface area contributed by atoms with Crippen molar-refractivity contribution in [3.8, 4) is 5.69 Å². The van der Waals surface area contributed by atoms with Crippen LogP contribution in [-0.2, 0) is 4.79 Å². The average Bonchev–Trinajstić information content (AvgIpc) is 3.21. The molecule has 1 aromatic carbocycles. The molecule has 1 heterocycles. The molecule has 3 rings (SSSR count). The topological polar surface area (TPSA) is 72.2 Å². The Kier molecular flexibility index (Phi) is 3.17. The summed E-state index contributed by atoms with van der Waals surface area (Å²) in [4.78, 5) is 22.0. The Morgan fingerprint density at radius 2 is 1.90 bits per heavy atom. The molecule has 0 spiro atoms. The molecule has 20 heavy (non-hydrogen) atoms. The molecule has 2 aromatic rings. The van der Waals surface area contributed by atoms with Gasteiger partial charge in [0.25, 0.3) is 5.78 Å². The second-order valence-corrected chi connectivity index (χ2v) is 5.60. The molecular weight excluding hydrogens is 324 g/mol. The summed E-state index contributed by atoms with van der Waals surface area (Å²) in [7, 11) is 0. The van der Waals surface area contributed by atoms with Crippen LogP contribution in [0.4, 0.5) is 0 Å². The fourth-order valence-electron chi connectivity index (χ4n) is 2.15. The van der Waals surface area contributed by atoms with Gasteiger partial charge in [-0.1, -0.05) is 0 Å². The summed E-state index contributed by atoms with van der Waals surface area (Å²) in [5, 5.41) is 13.0. The number of carboxylic acids is 1. The monoisotopic (exact) mass is 334 g/mol. The van der Waals surface area contributed by atoms with Crippen molar-refractivity contribution in [2.45, 2.75) is 18.8 Å². The first kappa shape index (κ1) is 13.1. The minimum absolute atomic E-state index is 0.167. The summed E-state index contributed by atoms with van der Waals surface area (Å²) in [5.41, 5.74) is 2.11. The van der Waals surface area contributed by atoms with Crippen molar-refractivity contribution in [2.24, 2.45) is 0 Å². The van der Waals surface area contributed by atoms with Crippen molar-refractivity contribution in [2.75, 3.05) is 0 Å². The molecule has 1 N–H and O–H groups in total. The number of aromatic nitrogens is 2. The first-order chi connectivity index (χ1) is 9.58. The van der Waals surface area contributed by atoms with Crippen molar-refractivity contribution in [3.05, 3.63) is 46.2 Å². The number of carbonyl (C=O) groups is 2. The number of carbonyl (C=O) groups excluding carboxylic acids is 1. The highest BCUT2D eigenvalue weighted by Crippen LogP contribution is 2.43. The van der Waals surface area contributed by atoms with Crippen molar-refractivity contribution >= 4 is 27.7 Å². The molecule has 1 fully saturated rings. The van der Waals surface area contributed by atoms with Crippen LogP contribution in [0.3, 0.4) is 0 Å². The largest absolute Gasteiger partial charge is 0.475 e. The highest BCUT2D eigenvalue weighted by atomic mass is 79.9. The van der Waals surface area contributed by atoms with E-state index < -0.39 is 11.8 Å². The summed E-state index contributed by atoms with van der Waals surface area (Å²) in [6.45, 7) is 0. The smallest absolute Gasteiger partial charge is 0.377 e. The maximum Gasteiger partial charge on any atom is 0.377 e. The number of hydrogen-bond acceptors (Lipinski definition) is 3. The number of aliphatic carboxylic acids is 1. The Bertz CT molecular complexity index is 687. The fourth-order valence-corrected chi connectivity index (χ4v) is 2.73. The lowest BCUT2D eigenvalue weighted by atomic mass is 10.1. The molecule has 102 valence electrons. The molecule has 0 radical (unpaired) electrons. The van der Waals surface area contributed by atoms with Gasteiger partial charge in [0.15, 0.2) is 0 Å². The number of halogens is 1. The number of benzene rings is 1. The summed E-state index contributed by atoms with van der Waals surface area (Å²) in [5.74, 6) is -1.83. The summed E-state index contributed by atoms with van der Waals surface area (Å²) < 4.78 is 2.81. The third-order valence-corrected chi connectivity index (χ3v) is 3.90. The highest BCUT2D eigenvalue weighted by molar-refractivity contribution is 9.10. The van der Waals surface area contributed by atoms with Crippen LogP contribution in [0.5, 0.6) is 0 Å². The molecule has 0 saturated heterocycles. The second-order valence-electron chi connectivity index (χ2n) is 4.74. The van der Waals surface area contributed by atoms with Crippen LogP contribution in [0.25, 0.3) is 5.69 Å². The molecule has 1 saturated carbocycles. The van der Waals surface area contributed by atoms with Crippen LogP contribution < -0.4 is 0 Å². The van der Waals surface area contributed by atoms with Crippen molar-refractivity contribution < 1.29 is 14.7 Å². The molecule has 6 heteroatoms. The molecule has 0 aliphatic heterocycles. The van der Waals surface area contributed by atoms with Crippen LogP contribution >= 0.6 is 15.9 Å². The van der Waals surface area contributed by atoms with Gasteiger partial charge in [0.1, 0.15) is 0 Å². The van der Waals surface area contributed by atoms with Gasteiger partial charge in [-0.15, -0.1) is 0 Å². The Labute approximate surface area is 123 Å². The summed E-state index contributed by atoms with van der Waals surface area (Å²) >= 11 is 3.50. The minimum atomic E-state index is -1.45. The van der Waals surface area contributed by atoms with Gasteiger partial charge in [0.05, 0.1) is 22.1 Å². The third kappa shape index (κ3) is 2.27. The van der Waals surface area contributed by atoms with E-state index in [1.807, 2.05) is 4.68 Å². The second kappa shape index (κ2) is 4.86. The van der Waals surface area contributed by atoms with E-state index in [0.717, 1.165) is 28.7 Å². The van der Waals surface area contributed by atoms with Crippen molar-refractivity contribution in [1.82, 2.24) is 9.78 Å². The normalized spacial score (nSPS) is 14.2. The highest BCUT2D eigenvalue weighted by Gasteiger charge is 2.30. The lowest BCUT2D eigenvalue weighted by molar-refractivity contribution is -0.131. The first-order valence-corrected chi connectivity index (χ1v) is 6.98. The Morgan fingerprint density at radius 3 is 2.45 bits per heavy atom. The van der Waals surface area contributed by atoms with Gasteiger partial charge in [-0.2, -0.15) is 5.10 Å². The summed E-state index contributed by atoms with van der Waals surface area (Å²) in [6.07, 6.45) is 4.06. The van der Waals surface area contributed by atoms with E-state index in [4.69, 9.17) is 5.11 Å². The van der Waals surface area contributed by atoms with Crippen LogP contribution in [0, 0.1) is 0 Å². The van der Waals surface area contributed by atoms with Gasteiger partial charge in [-0.3, -0.25) is 4.79 Å². The molecule has 0 unspecified atom stereocenters. The zero-order valence-electron chi connectivity index (χ0n) is 10.4. The Balaban J connectivity index is 1.96. The minimum Gasteiger partial charge on any atom is -0.475 e. The van der Waals surface area contributed by atoms with Crippen LogP contribution in [0.1, 0.15) is 34.8 Å². The molecule has 1 aliphatic carbocycles. The number of rotatable bonds is 4. The molecule has 1 aromatic heterocycles. The van der Waals surface area contributed by atoms with Gasteiger partial charge in [0.2, 0.25) is 0 Å². The van der Waals surface area contributed by atoms with Crippen LogP contribution in [0.2, 0.25) is 0 Å². The SMILES string of the molecule is O=C(O)C(=O)c1ccc(-n2ncc(Br)c2C2CC2)cc1. The van der Waals surface area contributed by atoms with E-state index in [9.17, 15) is 9.59 Å². The summed E-state index contributed by atoms with van der Waals surface area (Å²) in [6, 6.07) is 6.44. The van der Waals surface area contributed by atoms with Crippen LogP contribution in [0.15, 0.2) is 34.9 Å². The standard InChI is InChI=1S/C14H11BrN2O3/c15-11-7-16-17(12(11)8-1-2-8)10-5-3-9(4-6-10)13(18)14(19)20/h3-8H,1-2H2,(H,19,20). The van der Waals surface area contributed by atoms with Crippen molar-refractivity contribution in [3.63, 3.8) is 0 Å². The van der Waals surface area contributed by atoms with E-state index in [-0.39, 0.29) is 5.56 Å². The molecule has 0 bridgehead atoms. The Morgan fingerprint density at radius 1 is 1.25 bits per heavy atom. The maximum atomic E-state index is 11.4. The molecule has 5 nitrogen and oxygen atoms in total. The van der Waals surface area contributed by atoms with E-state index in [2.05, 4.69) is 21.0 Å². The average molecular weight is 335 g/mol. The van der Waals surface area contributed by atoms with Crippen molar-refractivity contribution in [1.29, 1.82) is 0 Å². The fraction of sp³-hybridized carbons (Fsp3) is 0.214. The zero-order valence-corrected chi connectivity index (χ0v) is 12.0. The van der Waals surface area contributed by atoms with Gasteiger partial charge >= 0.3 is 5.97 Å². The molecule has 1 aliphatic rings. The van der Waals surface area contributed by atoms with E-state index in [0.29, 0.717) is 5.92 Å². The lowest BCUT2D eigenvalue weighted by Crippen LogP contribution is -2.12. The number of Topliss-reactive ketones (excluding diaryl/α,β-unsaturated/α-hetero) is 1. The van der Waals surface area contributed by atoms with Gasteiger partial charge in [-0.25, -0.2) is 9.48 Å².